The highest BCUT2D eigenvalue weighted by atomic mass is 16.6. The smallest absolute Gasteiger partial charge is 0.311 e. The van der Waals surface area contributed by atoms with Crippen LogP contribution < -0.4 is 4.74 Å². The van der Waals surface area contributed by atoms with E-state index in [1.54, 1.807) is 24.5 Å². The van der Waals surface area contributed by atoms with Crippen LogP contribution in [0.15, 0.2) is 42.7 Å². The maximum absolute atomic E-state index is 10.9. The predicted molar refractivity (Wildman–Crippen MR) is 67.1 cm³/mol. The molecule has 2 rings (SSSR count). The molecule has 6 nitrogen and oxygen atoms in total. The summed E-state index contributed by atoms with van der Waals surface area (Å²) in [5, 5.41) is 10.9. The van der Waals surface area contributed by atoms with Crippen molar-refractivity contribution in [3.8, 4) is 5.75 Å². The van der Waals surface area contributed by atoms with E-state index in [-0.39, 0.29) is 23.6 Å². The summed E-state index contributed by atoms with van der Waals surface area (Å²) in [6.45, 7) is 0.198. The molecule has 0 amide bonds. The van der Waals surface area contributed by atoms with E-state index in [4.69, 9.17) is 4.74 Å². The lowest BCUT2D eigenvalue weighted by molar-refractivity contribution is -0.386. The second-order valence-corrected chi connectivity index (χ2v) is 3.75. The zero-order valence-corrected chi connectivity index (χ0v) is 9.85. The molecule has 0 N–H and O–H groups in total. The highest BCUT2D eigenvalue weighted by Crippen LogP contribution is 2.28. The van der Waals surface area contributed by atoms with E-state index in [1.165, 1.54) is 18.2 Å². The summed E-state index contributed by atoms with van der Waals surface area (Å²) >= 11 is 0. The Hall–Kier alpha value is -2.76. The topological polar surface area (TPSA) is 82.3 Å². The molecule has 1 aromatic heterocycles. The van der Waals surface area contributed by atoms with Gasteiger partial charge in [-0.15, -0.1) is 0 Å². The number of hydrogen-bond acceptors (Lipinski definition) is 5. The SMILES string of the molecule is O=Cc1ccc(OCc2ccncc2)c([N+](=O)[O-])c1. The van der Waals surface area contributed by atoms with Gasteiger partial charge >= 0.3 is 5.69 Å². The Morgan fingerprint density at radius 3 is 2.63 bits per heavy atom. The summed E-state index contributed by atoms with van der Waals surface area (Å²) in [5.41, 5.74) is 0.866. The number of rotatable bonds is 5. The quantitative estimate of drug-likeness (QED) is 0.467. The molecule has 0 bridgehead atoms. The van der Waals surface area contributed by atoms with Crippen LogP contribution in [0.5, 0.6) is 5.75 Å². The number of carbonyl (C=O) groups is 1. The van der Waals surface area contributed by atoms with Crippen molar-refractivity contribution in [1.29, 1.82) is 0 Å². The zero-order chi connectivity index (χ0) is 13.7. The first kappa shape index (κ1) is 12.7. The number of pyridine rings is 1. The summed E-state index contributed by atoms with van der Waals surface area (Å²) in [4.78, 5) is 24.8. The van der Waals surface area contributed by atoms with Crippen LogP contribution in [0, 0.1) is 10.1 Å². The number of hydrogen-bond donors (Lipinski definition) is 0. The lowest BCUT2D eigenvalue weighted by Crippen LogP contribution is -2.00. The van der Waals surface area contributed by atoms with Crippen LogP contribution in [-0.4, -0.2) is 16.2 Å². The molecular formula is C13H10N2O4. The molecule has 2 aromatic rings. The number of nitrogens with zero attached hydrogens (tertiary/aromatic N) is 2. The van der Waals surface area contributed by atoms with Crippen molar-refractivity contribution in [1.82, 2.24) is 4.98 Å². The van der Waals surface area contributed by atoms with Gasteiger partial charge in [-0.25, -0.2) is 0 Å². The molecule has 6 heteroatoms. The van der Waals surface area contributed by atoms with E-state index >= 15 is 0 Å². The van der Waals surface area contributed by atoms with Gasteiger partial charge in [0, 0.05) is 24.0 Å². The standard InChI is InChI=1S/C13H10N2O4/c16-8-11-1-2-13(12(7-11)15(17)18)19-9-10-3-5-14-6-4-10/h1-8H,9H2. The Balaban J connectivity index is 2.20. The molecule has 0 fully saturated rings. The minimum atomic E-state index is -0.575. The molecule has 0 radical (unpaired) electrons. The van der Waals surface area contributed by atoms with Gasteiger partial charge < -0.3 is 4.74 Å². The number of aromatic nitrogens is 1. The number of carbonyl (C=O) groups excluding carboxylic acids is 1. The van der Waals surface area contributed by atoms with Gasteiger partial charge in [0.05, 0.1) is 4.92 Å². The van der Waals surface area contributed by atoms with Gasteiger partial charge in [0.25, 0.3) is 0 Å². The van der Waals surface area contributed by atoms with Crippen molar-refractivity contribution >= 4 is 12.0 Å². The van der Waals surface area contributed by atoms with Crippen molar-refractivity contribution in [2.75, 3.05) is 0 Å². The van der Waals surface area contributed by atoms with E-state index in [0.29, 0.717) is 6.29 Å². The first-order chi connectivity index (χ1) is 9.20. The van der Waals surface area contributed by atoms with Crippen LogP contribution in [0.25, 0.3) is 0 Å². The number of ether oxygens (including phenoxy) is 1. The maximum Gasteiger partial charge on any atom is 0.311 e. The fraction of sp³-hybridized carbons (Fsp3) is 0.0769. The fourth-order valence-corrected chi connectivity index (χ4v) is 1.51. The highest BCUT2D eigenvalue weighted by molar-refractivity contribution is 5.77. The maximum atomic E-state index is 10.9. The van der Waals surface area contributed by atoms with E-state index in [2.05, 4.69) is 4.98 Å². The average Bonchev–Trinajstić information content (AvgIpc) is 2.46. The van der Waals surface area contributed by atoms with E-state index < -0.39 is 4.92 Å². The fourth-order valence-electron chi connectivity index (χ4n) is 1.51. The number of nitro benzene ring substituents is 1. The molecule has 19 heavy (non-hydrogen) atoms. The lowest BCUT2D eigenvalue weighted by atomic mass is 10.2. The lowest BCUT2D eigenvalue weighted by Gasteiger charge is -2.06. The van der Waals surface area contributed by atoms with Crippen molar-refractivity contribution < 1.29 is 14.5 Å². The summed E-state index contributed by atoms with van der Waals surface area (Å²) in [5.74, 6) is 0.132. The Labute approximate surface area is 108 Å². The number of aldehydes is 1. The predicted octanol–water partition coefficient (Wildman–Crippen LogP) is 2.38. The van der Waals surface area contributed by atoms with Crippen LogP contribution in [0.4, 0.5) is 5.69 Å². The zero-order valence-electron chi connectivity index (χ0n) is 9.85. The van der Waals surface area contributed by atoms with Crippen molar-refractivity contribution in [3.05, 3.63) is 64.0 Å². The van der Waals surface area contributed by atoms with Crippen molar-refractivity contribution in [2.24, 2.45) is 0 Å². The Bertz CT molecular complexity index is 599. The van der Waals surface area contributed by atoms with Crippen molar-refractivity contribution in [3.63, 3.8) is 0 Å². The second kappa shape index (κ2) is 5.72. The van der Waals surface area contributed by atoms with Crippen molar-refractivity contribution in [2.45, 2.75) is 6.61 Å². The van der Waals surface area contributed by atoms with Crippen LogP contribution in [0.3, 0.4) is 0 Å². The molecule has 0 saturated heterocycles. The first-order valence-electron chi connectivity index (χ1n) is 5.46. The Kier molecular flexibility index (Phi) is 3.82. The van der Waals surface area contributed by atoms with Crippen LogP contribution in [0.2, 0.25) is 0 Å². The molecular weight excluding hydrogens is 248 g/mol. The van der Waals surface area contributed by atoms with Gasteiger partial charge in [0.2, 0.25) is 0 Å². The molecule has 0 aliphatic heterocycles. The number of benzene rings is 1. The molecule has 0 spiro atoms. The third-order valence-corrected chi connectivity index (χ3v) is 2.46. The van der Waals surface area contributed by atoms with Gasteiger partial charge in [-0.1, -0.05) is 0 Å². The highest BCUT2D eigenvalue weighted by Gasteiger charge is 2.15. The Morgan fingerprint density at radius 1 is 1.26 bits per heavy atom. The van der Waals surface area contributed by atoms with Gasteiger partial charge in [-0.05, 0) is 29.8 Å². The minimum absolute atomic E-state index is 0.132. The monoisotopic (exact) mass is 258 g/mol. The first-order valence-corrected chi connectivity index (χ1v) is 5.46. The molecule has 1 aromatic carbocycles. The normalized spacial score (nSPS) is 9.89. The van der Waals surface area contributed by atoms with E-state index in [0.717, 1.165) is 5.56 Å². The largest absolute Gasteiger partial charge is 0.482 e. The number of nitro groups is 1. The van der Waals surface area contributed by atoms with E-state index in [9.17, 15) is 14.9 Å². The summed E-state index contributed by atoms with van der Waals surface area (Å²) in [7, 11) is 0. The molecule has 0 aliphatic rings. The molecule has 0 aliphatic carbocycles. The summed E-state index contributed by atoms with van der Waals surface area (Å²) in [6, 6.07) is 7.59. The van der Waals surface area contributed by atoms with Gasteiger partial charge in [0.15, 0.2) is 5.75 Å². The van der Waals surface area contributed by atoms with Gasteiger partial charge in [-0.2, -0.15) is 0 Å². The minimum Gasteiger partial charge on any atom is -0.482 e. The van der Waals surface area contributed by atoms with E-state index in [1.807, 2.05) is 0 Å². The third kappa shape index (κ3) is 3.12. The van der Waals surface area contributed by atoms with Crippen LogP contribution in [-0.2, 0) is 6.61 Å². The summed E-state index contributed by atoms with van der Waals surface area (Å²) < 4.78 is 5.40. The average molecular weight is 258 g/mol. The summed E-state index contributed by atoms with van der Waals surface area (Å²) in [6.07, 6.45) is 3.78. The van der Waals surface area contributed by atoms with Gasteiger partial charge in [0.1, 0.15) is 12.9 Å². The Morgan fingerprint density at radius 2 is 2.00 bits per heavy atom. The second-order valence-electron chi connectivity index (χ2n) is 3.75. The molecule has 0 saturated carbocycles. The molecule has 96 valence electrons. The van der Waals surface area contributed by atoms with Gasteiger partial charge in [-0.3, -0.25) is 19.9 Å². The molecule has 0 atom stereocenters. The van der Waals surface area contributed by atoms with Crippen LogP contribution >= 0.6 is 0 Å². The van der Waals surface area contributed by atoms with Crippen LogP contribution in [0.1, 0.15) is 15.9 Å². The molecule has 1 heterocycles. The molecule has 0 unspecified atom stereocenters. The third-order valence-electron chi connectivity index (χ3n) is 2.46.